The molecule has 1 aromatic heterocycles. The zero-order chi connectivity index (χ0) is 17.6. The van der Waals surface area contributed by atoms with E-state index in [1.165, 1.54) is 5.56 Å². The third-order valence-electron chi connectivity index (χ3n) is 4.62. The first-order chi connectivity index (χ1) is 11.2. The largest absolute Gasteiger partial charge is 0.459 e. The number of aryl methyl sites for hydroxylation is 1. The first-order valence-corrected chi connectivity index (χ1v) is 9.43. The smallest absolute Gasteiger partial charge is 0.325 e. The lowest BCUT2D eigenvalue weighted by atomic mass is 9.99. The molecule has 0 amide bonds. The Morgan fingerprint density at radius 1 is 1.50 bits per heavy atom. The van der Waals surface area contributed by atoms with Gasteiger partial charge in [0, 0.05) is 17.1 Å². The minimum Gasteiger partial charge on any atom is -0.459 e. The molecular formula is C18H26BrN3O2. The van der Waals surface area contributed by atoms with E-state index >= 15 is 0 Å². The molecule has 2 aliphatic rings. The minimum absolute atomic E-state index is 0.0603. The van der Waals surface area contributed by atoms with Gasteiger partial charge in [0.15, 0.2) is 0 Å². The fourth-order valence-electron chi connectivity index (χ4n) is 3.61. The molecule has 1 N–H and O–H groups in total. The summed E-state index contributed by atoms with van der Waals surface area (Å²) in [6.07, 6.45) is 1.70. The van der Waals surface area contributed by atoms with Crippen LogP contribution >= 0.6 is 15.9 Å². The van der Waals surface area contributed by atoms with E-state index < -0.39 is 5.60 Å². The molecule has 24 heavy (non-hydrogen) atoms. The highest BCUT2D eigenvalue weighted by Gasteiger charge is 2.46. The van der Waals surface area contributed by atoms with E-state index in [9.17, 15) is 4.79 Å². The fourth-order valence-corrected chi connectivity index (χ4v) is 4.25. The highest BCUT2D eigenvalue weighted by molar-refractivity contribution is 9.10. The van der Waals surface area contributed by atoms with Gasteiger partial charge < -0.3 is 15.0 Å². The summed E-state index contributed by atoms with van der Waals surface area (Å²) < 4.78 is 6.68. The number of hydrogen-bond donors (Lipinski definition) is 1. The Bertz CT molecular complexity index is 656. The molecule has 0 bridgehead atoms. The van der Waals surface area contributed by atoms with Crippen LogP contribution < -0.4 is 10.2 Å². The lowest BCUT2D eigenvalue weighted by Gasteiger charge is -2.42. The second-order valence-corrected chi connectivity index (χ2v) is 8.55. The number of aromatic nitrogens is 1. The first-order valence-electron chi connectivity index (χ1n) is 8.64. The van der Waals surface area contributed by atoms with Crippen LogP contribution in [0.4, 0.5) is 5.82 Å². The number of pyridine rings is 1. The molecular weight excluding hydrogens is 370 g/mol. The second-order valence-electron chi connectivity index (χ2n) is 7.70. The summed E-state index contributed by atoms with van der Waals surface area (Å²) in [5.74, 6) is 0.856. The van der Waals surface area contributed by atoms with Gasteiger partial charge in [-0.2, -0.15) is 0 Å². The van der Waals surface area contributed by atoms with Crippen molar-refractivity contribution in [3.63, 3.8) is 0 Å². The average molecular weight is 396 g/mol. The van der Waals surface area contributed by atoms with Crippen LogP contribution in [0.5, 0.6) is 0 Å². The highest BCUT2D eigenvalue weighted by Crippen LogP contribution is 2.38. The molecule has 5 nitrogen and oxygen atoms in total. The van der Waals surface area contributed by atoms with Crippen molar-refractivity contribution in [2.45, 2.75) is 71.2 Å². The van der Waals surface area contributed by atoms with Crippen molar-refractivity contribution in [3.05, 3.63) is 21.8 Å². The SMILES string of the molecule is CCc1nc2c(cc1Br)C[C@@H]1C(C(=O)OC(C)(C)C)NC[C@@H](C)N21. The molecule has 132 valence electrons. The second kappa shape index (κ2) is 6.30. The Balaban J connectivity index is 1.92. The Morgan fingerprint density at radius 3 is 2.83 bits per heavy atom. The number of esters is 1. The predicted octanol–water partition coefficient (Wildman–Crippen LogP) is 2.84. The molecule has 3 heterocycles. The normalized spacial score (nSPS) is 26.1. The maximum Gasteiger partial charge on any atom is 0.325 e. The van der Waals surface area contributed by atoms with Crippen molar-refractivity contribution in [2.24, 2.45) is 0 Å². The van der Waals surface area contributed by atoms with Crippen LogP contribution in [-0.4, -0.2) is 41.2 Å². The van der Waals surface area contributed by atoms with E-state index in [-0.39, 0.29) is 18.1 Å². The third-order valence-corrected chi connectivity index (χ3v) is 5.31. The fraction of sp³-hybridized carbons (Fsp3) is 0.667. The molecule has 0 aromatic carbocycles. The van der Waals surface area contributed by atoms with Crippen molar-refractivity contribution in [1.29, 1.82) is 0 Å². The van der Waals surface area contributed by atoms with Gasteiger partial charge in [0.25, 0.3) is 0 Å². The lowest BCUT2D eigenvalue weighted by Crippen LogP contribution is -2.64. The Labute approximate surface area is 152 Å². The van der Waals surface area contributed by atoms with Crippen molar-refractivity contribution in [1.82, 2.24) is 10.3 Å². The molecule has 0 saturated carbocycles. The van der Waals surface area contributed by atoms with Crippen LogP contribution in [-0.2, 0) is 22.4 Å². The van der Waals surface area contributed by atoms with Crippen LogP contribution in [0.2, 0.25) is 0 Å². The van der Waals surface area contributed by atoms with Gasteiger partial charge in [-0.1, -0.05) is 6.92 Å². The van der Waals surface area contributed by atoms with Gasteiger partial charge in [0.1, 0.15) is 17.5 Å². The van der Waals surface area contributed by atoms with E-state index in [1.807, 2.05) is 20.8 Å². The molecule has 2 aliphatic heterocycles. The van der Waals surface area contributed by atoms with Crippen LogP contribution in [0.1, 0.15) is 45.9 Å². The number of nitrogens with one attached hydrogen (secondary N) is 1. The van der Waals surface area contributed by atoms with E-state index in [4.69, 9.17) is 9.72 Å². The monoisotopic (exact) mass is 395 g/mol. The number of rotatable bonds is 2. The number of halogens is 1. The summed E-state index contributed by atoms with van der Waals surface area (Å²) in [6.45, 7) is 10.8. The summed E-state index contributed by atoms with van der Waals surface area (Å²) in [5, 5.41) is 3.39. The van der Waals surface area contributed by atoms with Gasteiger partial charge in [0.05, 0.1) is 11.7 Å². The summed E-state index contributed by atoms with van der Waals surface area (Å²) >= 11 is 3.62. The predicted molar refractivity (Wildman–Crippen MR) is 98.4 cm³/mol. The quantitative estimate of drug-likeness (QED) is 0.780. The molecule has 1 aromatic rings. The molecule has 3 rings (SSSR count). The van der Waals surface area contributed by atoms with E-state index in [1.54, 1.807) is 0 Å². The number of ether oxygens (including phenoxy) is 1. The number of hydrogen-bond acceptors (Lipinski definition) is 5. The Kier molecular flexibility index (Phi) is 4.64. The van der Waals surface area contributed by atoms with Gasteiger partial charge >= 0.3 is 5.97 Å². The van der Waals surface area contributed by atoms with Crippen LogP contribution in [0, 0.1) is 0 Å². The van der Waals surface area contributed by atoms with E-state index in [0.29, 0.717) is 6.04 Å². The zero-order valence-electron chi connectivity index (χ0n) is 15.0. The maximum atomic E-state index is 12.7. The van der Waals surface area contributed by atoms with Gasteiger partial charge in [-0.3, -0.25) is 4.79 Å². The van der Waals surface area contributed by atoms with E-state index in [0.717, 1.165) is 35.4 Å². The maximum absolute atomic E-state index is 12.7. The van der Waals surface area contributed by atoms with Crippen LogP contribution in [0.15, 0.2) is 10.5 Å². The standard InChI is InChI=1S/C18H26BrN3O2/c1-6-13-12(19)7-11-8-14-15(17(23)24-18(3,4)5)20-9-10(2)22(14)16(11)21-13/h7,10,14-15,20H,6,8-9H2,1-5H3/t10-,14-,15?/m1/s1. The topological polar surface area (TPSA) is 54.5 Å². The van der Waals surface area contributed by atoms with Gasteiger partial charge in [-0.15, -0.1) is 0 Å². The van der Waals surface area contributed by atoms with E-state index in [2.05, 4.69) is 46.1 Å². The number of anilines is 1. The first kappa shape index (κ1) is 17.7. The van der Waals surface area contributed by atoms with Gasteiger partial charge in [-0.05, 0) is 68.1 Å². The number of fused-ring (bicyclic) bond motifs is 3. The average Bonchev–Trinajstić information content (AvgIpc) is 2.83. The Hall–Kier alpha value is -1.14. The number of nitrogens with zero attached hydrogens (tertiary/aromatic N) is 2. The molecule has 6 heteroatoms. The summed E-state index contributed by atoms with van der Waals surface area (Å²) in [7, 11) is 0. The summed E-state index contributed by atoms with van der Waals surface area (Å²) in [5.41, 5.74) is 1.79. The van der Waals surface area contributed by atoms with Gasteiger partial charge in [-0.25, -0.2) is 4.98 Å². The molecule has 0 aliphatic carbocycles. The molecule has 1 unspecified atom stereocenters. The third kappa shape index (κ3) is 3.18. The van der Waals surface area contributed by atoms with Gasteiger partial charge in [0.2, 0.25) is 0 Å². The van der Waals surface area contributed by atoms with Crippen molar-refractivity contribution < 1.29 is 9.53 Å². The summed E-state index contributed by atoms with van der Waals surface area (Å²) in [6, 6.07) is 2.20. The number of piperazine rings is 1. The molecule has 1 saturated heterocycles. The van der Waals surface area contributed by atoms with Crippen LogP contribution in [0.3, 0.4) is 0 Å². The summed E-state index contributed by atoms with van der Waals surface area (Å²) in [4.78, 5) is 19.8. The van der Waals surface area contributed by atoms with Crippen molar-refractivity contribution in [3.8, 4) is 0 Å². The lowest BCUT2D eigenvalue weighted by molar-refractivity contribution is -0.158. The van der Waals surface area contributed by atoms with Crippen molar-refractivity contribution in [2.75, 3.05) is 11.4 Å². The van der Waals surface area contributed by atoms with Crippen molar-refractivity contribution >= 4 is 27.7 Å². The number of carbonyl (C=O) groups excluding carboxylic acids is 1. The molecule has 0 radical (unpaired) electrons. The number of carbonyl (C=O) groups is 1. The Morgan fingerprint density at radius 2 is 2.21 bits per heavy atom. The zero-order valence-corrected chi connectivity index (χ0v) is 16.6. The molecule has 3 atom stereocenters. The minimum atomic E-state index is -0.477. The molecule has 1 fully saturated rings. The highest BCUT2D eigenvalue weighted by atomic mass is 79.9. The molecule has 0 spiro atoms. The van der Waals surface area contributed by atoms with Crippen LogP contribution in [0.25, 0.3) is 0 Å².